The van der Waals surface area contributed by atoms with E-state index < -0.39 is 82.1 Å². The lowest BCUT2D eigenvalue weighted by molar-refractivity contribution is -0.229. The number of aromatic amines is 1. The molecule has 3 heterocycles. The van der Waals surface area contributed by atoms with Gasteiger partial charge in [-0.25, -0.2) is 14.4 Å². The number of amides is 3. The van der Waals surface area contributed by atoms with Gasteiger partial charge in [-0.3, -0.25) is 14.4 Å². The molecule has 15 heteroatoms. The number of ketones is 1. The van der Waals surface area contributed by atoms with E-state index in [9.17, 15) is 39.0 Å². The number of carbonyl (C=O) groups excluding carboxylic acids is 5. The number of hydrogen-bond acceptors (Lipinski definition) is 11. The largest absolute Gasteiger partial charge is 0.461 e. The van der Waals surface area contributed by atoms with Gasteiger partial charge in [-0.15, -0.1) is 0 Å². The standard InChI is InChI=1S/C50H58N4O11/c1-48-20-18-33(24-32(48)15-16-36-42(48)43(57)44(58)49(2)35(19-21-50(36,49)62)30-14-17-41(56)63-28-30)65-46(60)38(23-31-25-51-37-12-7-6-11-34(31)37)53-45(59)39-13-8-22-54(39)40(55)26-52-47(61)64-27-29-9-4-3-5-10-29/h3-7,9-12,14,17,25,28,32-33,35-36,38-39,42-43,51,57,62H,8,13,15-16,18-24,26-27H2,1-2H3,(H,52,61)(H,53,59)/t32-,33+,35-,36-,38+,39+,42-,43+,48+,49+,50+/m1/s1. The molecule has 3 amide bonds. The number of hydrogen-bond donors (Lipinski definition) is 5. The number of carbonyl (C=O) groups is 5. The van der Waals surface area contributed by atoms with Crippen LogP contribution in [-0.2, 0) is 41.7 Å². The maximum Gasteiger partial charge on any atom is 0.407 e. The molecule has 1 saturated heterocycles. The first kappa shape index (κ1) is 44.4. The van der Waals surface area contributed by atoms with Gasteiger partial charge in [0.2, 0.25) is 11.8 Å². The van der Waals surface area contributed by atoms with Gasteiger partial charge in [-0.05, 0) is 111 Å². The summed E-state index contributed by atoms with van der Waals surface area (Å²) in [6.07, 6.45) is 5.37. The van der Waals surface area contributed by atoms with Crippen molar-refractivity contribution in [2.45, 2.75) is 120 Å². The summed E-state index contributed by atoms with van der Waals surface area (Å²) < 4.78 is 16.7. The van der Waals surface area contributed by atoms with Crippen molar-refractivity contribution >= 4 is 40.6 Å². The highest BCUT2D eigenvalue weighted by atomic mass is 16.6. The number of aliphatic hydroxyl groups excluding tert-OH is 1. The van der Waals surface area contributed by atoms with Crippen LogP contribution in [0.25, 0.3) is 10.9 Å². The molecule has 5 fully saturated rings. The number of aromatic nitrogens is 1. The maximum absolute atomic E-state index is 14.5. The van der Waals surface area contributed by atoms with Crippen LogP contribution in [0.4, 0.5) is 4.79 Å². The number of benzene rings is 2. The Balaban J connectivity index is 0.874. The molecule has 0 radical (unpaired) electrons. The smallest absolute Gasteiger partial charge is 0.407 e. The first-order valence-electron chi connectivity index (χ1n) is 23.0. The van der Waals surface area contributed by atoms with Crippen LogP contribution in [0.3, 0.4) is 0 Å². The molecule has 15 nitrogen and oxygen atoms in total. The fourth-order valence-corrected chi connectivity index (χ4v) is 12.8. The van der Waals surface area contributed by atoms with Crippen LogP contribution in [-0.4, -0.2) is 92.7 Å². The van der Waals surface area contributed by atoms with Crippen LogP contribution in [0, 0.1) is 28.6 Å². The number of nitrogens with zero attached hydrogens (tertiary/aromatic N) is 1. The zero-order valence-corrected chi connectivity index (χ0v) is 36.8. The normalized spacial score (nSPS) is 32.2. The van der Waals surface area contributed by atoms with Crippen LogP contribution in [0.5, 0.6) is 0 Å². The Morgan fingerprint density at radius 2 is 1.74 bits per heavy atom. The van der Waals surface area contributed by atoms with Gasteiger partial charge < -0.3 is 44.6 Å². The van der Waals surface area contributed by atoms with Crippen molar-refractivity contribution in [2.75, 3.05) is 13.1 Å². The van der Waals surface area contributed by atoms with Gasteiger partial charge in [0.05, 0.1) is 17.3 Å². The number of esters is 1. The summed E-state index contributed by atoms with van der Waals surface area (Å²) in [6.45, 7) is 3.86. The second kappa shape index (κ2) is 17.5. The molecule has 1 aliphatic heterocycles. The van der Waals surface area contributed by atoms with Crippen LogP contribution in [0.2, 0.25) is 0 Å². The molecule has 2 aromatic carbocycles. The number of nitrogens with one attached hydrogen (secondary N) is 3. The Morgan fingerprint density at radius 1 is 0.954 bits per heavy atom. The van der Waals surface area contributed by atoms with Crippen molar-refractivity contribution in [2.24, 2.45) is 28.6 Å². The summed E-state index contributed by atoms with van der Waals surface area (Å²) in [7, 11) is 0. The van der Waals surface area contributed by atoms with Gasteiger partial charge in [-0.1, -0.05) is 55.5 Å². The third-order valence-corrected chi connectivity index (χ3v) is 16.2. The fraction of sp³-hybridized carbons (Fsp3) is 0.520. The number of rotatable bonds is 11. The lowest BCUT2D eigenvalue weighted by Gasteiger charge is -2.64. The minimum absolute atomic E-state index is 0.0183. The number of H-pyrrole nitrogens is 1. The average molecular weight is 891 g/mol. The van der Waals surface area contributed by atoms with Crippen molar-refractivity contribution in [3.63, 3.8) is 0 Å². The highest BCUT2D eigenvalue weighted by molar-refractivity contribution is 5.94. The number of aliphatic hydroxyl groups is 2. The molecular weight excluding hydrogens is 833 g/mol. The third kappa shape index (κ3) is 7.94. The van der Waals surface area contributed by atoms with E-state index in [4.69, 9.17) is 13.9 Å². The molecule has 4 aliphatic carbocycles. The first-order valence-corrected chi connectivity index (χ1v) is 23.0. The topological polar surface area (TPSA) is 218 Å². The van der Waals surface area contributed by atoms with E-state index in [0.717, 1.165) is 22.0 Å². The summed E-state index contributed by atoms with van der Waals surface area (Å²) in [6, 6.07) is 17.8. The molecule has 4 aromatic rings. The highest BCUT2D eigenvalue weighted by Crippen LogP contribution is 2.69. The number of para-hydroxylation sites is 1. The van der Waals surface area contributed by atoms with Crippen molar-refractivity contribution in [1.82, 2.24) is 20.5 Å². The number of fused-ring (bicyclic) bond motifs is 6. The molecule has 5 N–H and O–H groups in total. The summed E-state index contributed by atoms with van der Waals surface area (Å²) >= 11 is 0. The lowest BCUT2D eigenvalue weighted by atomic mass is 9.42. The molecular formula is C50H58N4O11. The Bertz CT molecular complexity index is 2500. The molecule has 0 bridgehead atoms. The fourth-order valence-electron chi connectivity index (χ4n) is 12.8. The second-order valence-corrected chi connectivity index (χ2v) is 19.4. The highest BCUT2D eigenvalue weighted by Gasteiger charge is 2.73. The molecule has 344 valence electrons. The Labute approximate surface area is 376 Å². The summed E-state index contributed by atoms with van der Waals surface area (Å²) in [5, 5.41) is 31.0. The minimum Gasteiger partial charge on any atom is -0.461 e. The second-order valence-electron chi connectivity index (χ2n) is 19.4. The molecule has 0 unspecified atom stereocenters. The van der Waals surface area contributed by atoms with Crippen molar-refractivity contribution in [1.29, 1.82) is 0 Å². The van der Waals surface area contributed by atoms with E-state index in [0.29, 0.717) is 69.9 Å². The molecule has 4 saturated carbocycles. The van der Waals surface area contributed by atoms with Crippen molar-refractivity contribution in [3.8, 4) is 0 Å². The van der Waals surface area contributed by atoms with Gasteiger partial charge >= 0.3 is 17.7 Å². The van der Waals surface area contributed by atoms with Crippen LogP contribution < -0.4 is 16.3 Å². The zero-order chi connectivity index (χ0) is 45.7. The first-order chi connectivity index (χ1) is 31.2. The quantitative estimate of drug-likeness (QED) is 0.125. The lowest BCUT2D eigenvalue weighted by Crippen LogP contribution is -2.70. The van der Waals surface area contributed by atoms with E-state index in [1.54, 1.807) is 13.0 Å². The maximum atomic E-state index is 14.5. The van der Waals surface area contributed by atoms with Gasteiger partial charge in [0.1, 0.15) is 37.4 Å². The summed E-state index contributed by atoms with van der Waals surface area (Å²) in [5.41, 5.74) is -0.536. The van der Waals surface area contributed by atoms with Crippen molar-refractivity contribution < 1.29 is 48.1 Å². The number of ether oxygens (including phenoxy) is 2. The number of Topliss-reactive ketones (excluding diaryl/α,β-unsaturated/α-hetero) is 1. The molecule has 65 heavy (non-hydrogen) atoms. The molecule has 5 aliphatic rings. The van der Waals surface area contributed by atoms with Gasteiger partial charge in [0.15, 0.2) is 5.78 Å². The summed E-state index contributed by atoms with van der Waals surface area (Å²) in [4.78, 5) is 85.2. The van der Waals surface area contributed by atoms with E-state index in [2.05, 4.69) is 22.5 Å². The van der Waals surface area contributed by atoms with E-state index in [1.807, 2.05) is 60.8 Å². The van der Waals surface area contributed by atoms with E-state index in [1.165, 1.54) is 17.2 Å². The Morgan fingerprint density at radius 3 is 2.52 bits per heavy atom. The van der Waals surface area contributed by atoms with Gasteiger partial charge in [-0.2, -0.15) is 0 Å². The molecule has 11 atom stereocenters. The zero-order valence-electron chi connectivity index (χ0n) is 36.8. The van der Waals surface area contributed by atoms with Crippen LogP contribution in [0.1, 0.15) is 94.2 Å². The average Bonchev–Trinajstić information content (AvgIpc) is 4.04. The number of alkyl carbamates (subject to hydrolysis) is 1. The minimum atomic E-state index is -1.37. The summed E-state index contributed by atoms with van der Waals surface area (Å²) in [5.74, 6) is -3.22. The van der Waals surface area contributed by atoms with E-state index in [-0.39, 0.29) is 37.2 Å². The van der Waals surface area contributed by atoms with Gasteiger partial charge in [0.25, 0.3) is 0 Å². The number of likely N-dealkylation sites (tertiary alicyclic amines) is 1. The Hall–Kier alpha value is -5.80. The molecule has 2 aromatic heterocycles. The van der Waals surface area contributed by atoms with Crippen LogP contribution in [0.15, 0.2) is 88.4 Å². The predicted molar refractivity (Wildman–Crippen MR) is 236 cm³/mol. The predicted octanol–water partition coefficient (Wildman–Crippen LogP) is 5.07. The third-order valence-electron chi connectivity index (χ3n) is 16.2. The van der Waals surface area contributed by atoms with Crippen molar-refractivity contribution in [3.05, 3.63) is 106 Å². The van der Waals surface area contributed by atoms with Crippen LogP contribution >= 0.6 is 0 Å². The molecule has 9 rings (SSSR count). The van der Waals surface area contributed by atoms with E-state index >= 15 is 0 Å². The SMILES string of the molecule is C[C@]12CC[C@H](OC(=O)[C@H](Cc3c[nH]c4ccccc34)NC(=O)[C@@H]3CCCN3C(=O)CNC(=O)OCc3ccccc3)C[C@H]1CC[C@@H]1[C@@H]2[C@H](O)C(=O)[C@]2(C)[C@@H](c3ccc(=O)oc3)CC[C@]12O. The molecule has 0 spiro atoms. The monoisotopic (exact) mass is 890 g/mol. The van der Waals surface area contributed by atoms with Gasteiger partial charge in [0, 0.05) is 48.0 Å². The Kier molecular flexibility index (Phi) is 12.0.